The van der Waals surface area contributed by atoms with Gasteiger partial charge in [-0.1, -0.05) is 50.2 Å². The Morgan fingerprint density at radius 1 is 1.09 bits per heavy atom. The van der Waals surface area contributed by atoms with Crippen LogP contribution in [0, 0.1) is 12.8 Å². The maximum Gasteiger partial charge on any atom is 0.229 e. The van der Waals surface area contributed by atoms with E-state index in [0.717, 1.165) is 60.4 Å². The van der Waals surface area contributed by atoms with Gasteiger partial charge >= 0.3 is 0 Å². The van der Waals surface area contributed by atoms with Gasteiger partial charge in [-0.25, -0.2) is 0 Å². The molecule has 1 atom stereocenters. The van der Waals surface area contributed by atoms with E-state index in [2.05, 4.69) is 24.0 Å². The fourth-order valence-electron chi connectivity index (χ4n) is 5.18. The van der Waals surface area contributed by atoms with E-state index in [0.29, 0.717) is 19.4 Å². The molecule has 0 spiro atoms. The molecule has 2 heterocycles. The SMILES string of the molecule is Cc1ccccc1C1(O)CCN(CC(O)c2ccc3c(c2)CCCN3C(=O)C(C)C)CC1. The molecule has 1 unspecified atom stereocenters. The maximum absolute atomic E-state index is 12.6. The number of nitrogens with zero attached hydrogens (tertiary/aromatic N) is 2. The van der Waals surface area contributed by atoms with Crippen LogP contribution in [0.3, 0.4) is 0 Å². The summed E-state index contributed by atoms with van der Waals surface area (Å²) in [6, 6.07) is 14.1. The zero-order valence-corrected chi connectivity index (χ0v) is 19.6. The predicted octanol–water partition coefficient (Wildman–Crippen LogP) is 3.95. The molecular weight excluding hydrogens is 400 g/mol. The highest BCUT2D eigenvalue weighted by atomic mass is 16.3. The summed E-state index contributed by atoms with van der Waals surface area (Å²) in [5.74, 6) is 0.136. The molecule has 1 fully saturated rings. The third kappa shape index (κ3) is 4.61. The van der Waals surface area contributed by atoms with Gasteiger partial charge in [0, 0.05) is 37.8 Å². The number of rotatable bonds is 5. The van der Waals surface area contributed by atoms with Crippen LogP contribution < -0.4 is 4.90 Å². The lowest BCUT2D eigenvalue weighted by molar-refractivity contribution is -0.121. The number of carbonyl (C=O) groups is 1. The van der Waals surface area contributed by atoms with Crippen LogP contribution in [0.4, 0.5) is 5.69 Å². The first-order chi connectivity index (χ1) is 15.3. The van der Waals surface area contributed by atoms with Crippen molar-refractivity contribution in [2.75, 3.05) is 31.1 Å². The number of carbonyl (C=O) groups excluding carboxylic acids is 1. The number of hydrogen-bond acceptors (Lipinski definition) is 4. The summed E-state index contributed by atoms with van der Waals surface area (Å²) in [5, 5.41) is 22.2. The Bertz CT molecular complexity index is 963. The molecule has 2 N–H and O–H groups in total. The number of aliphatic hydroxyl groups is 2. The van der Waals surface area contributed by atoms with Gasteiger partial charge in [-0.15, -0.1) is 0 Å². The molecule has 5 heteroatoms. The number of β-amino-alcohol motifs (C(OH)–C–C–N with tert-alkyl or cyclic N) is 1. The Balaban J connectivity index is 1.40. The highest BCUT2D eigenvalue weighted by Gasteiger charge is 2.35. The Hall–Kier alpha value is -2.21. The quantitative estimate of drug-likeness (QED) is 0.745. The normalized spacial score (nSPS) is 19.6. The van der Waals surface area contributed by atoms with Crippen LogP contribution in [-0.2, 0) is 16.8 Å². The third-order valence-electron chi connectivity index (χ3n) is 7.13. The lowest BCUT2D eigenvalue weighted by Crippen LogP contribution is -2.44. The van der Waals surface area contributed by atoms with E-state index in [1.54, 1.807) is 0 Å². The van der Waals surface area contributed by atoms with Gasteiger partial charge in [0.15, 0.2) is 0 Å². The van der Waals surface area contributed by atoms with E-state index in [-0.39, 0.29) is 11.8 Å². The molecule has 0 saturated carbocycles. The zero-order valence-electron chi connectivity index (χ0n) is 19.6. The number of likely N-dealkylation sites (tertiary alicyclic amines) is 1. The lowest BCUT2D eigenvalue weighted by Gasteiger charge is -2.40. The van der Waals surface area contributed by atoms with Crippen LogP contribution in [0.1, 0.15) is 61.5 Å². The molecule has 0 radical (unpaired) electrons. The fourth-order valence-corrected chi connectivity index (χ4v) is 5.18. The number of hydrogen-bond donors (Lipinski definition) is 2. The Labute approximate surface area is 191 Å². The van der Waals surface area contributed by atoms with E-state index in [1.165, 1.54) is 0 Å². The summed E-state index contributed by atoms with van der Waals surface area (Å²) in [6.45, 7) is 8.75. The first-order valence-corrected chi connectivity index (χ1v) is 11.9. The lowest BCUT2D eigenvalue weighted by atomic mass is 9.82. The van der Waals surface area contributed by atoms with Crippen LogP contribution in [0.15, 0.2) is 42.5 Å². The number of fused-ring (bicyclic) bond motifs is 1. The van der Waals surface area contributed by atoms with Crippen LogP contribution in [0.25, 0.3) is 0 Å². The minimum Gasteiger partial charge on any atom is -0.387 e. The topological polar surface area (TPSA) is 64.0 Å². The molecule has 0 aromatic heterocycles. The number of aliphatic hydroxyl groups excluding tert-OH is 1. The summed E-state index contributed by atoms with van der Waals surface area (Å²) in [7, 11) is 0. The highest BCUT2D eigenvalue weighted by Crippen LogP contribution is 2.36. The first kappa shape index (κ1) is 23.0. The molecule has 0 bridgehead atoms. The molecule has 1 amide bonds. The van der Waals surface area contributed by atoms with Crippen LogP contribution in [-0.4, -0.2) is 47.2 Å². The van der Waals surface area contributed by atoms with Gasteiger partial charge in [-0.05, 0) is 60.9 Å². The number of piperidine rings is 1. The van der Waals surface area contributed by atoms with E-state index >= 15 is 0 Å². The van der Waals surface area contributed by atoms with Crippen LogP contribution >= 0.6 is 0 Å². The third-order valence-corrected chi connectivity index (χ3v) is 7.13. The fraction of sp³-hybridized carbons (Fsp3) is 0.519. The van der Waals surface area contributed by atoms with Crippen molar-refractivity contribution in [3.63, 3.8) is 0 Å². The summed E-state index contributed by atoms with van der Waals surface area (Å²) >= 11 is 0. The molecule has 5 nitrogen and oxygen atoms in total. The molecule has 2 aliphatic heterocycles. The molecule has 32 heavy (non-hydrogen) atoms. The van der Waals surface area contributed by atoms with E-state index < -0.39 is 11.7 Å². The Morgan fingerprint density at radius 2 is 1.81 bits per heavy atom. The monoisotopic (exact) mass is 436 g/mol. The summed E-state index contributed by atoms with van der Waals surface area (Å²) < 4.78 is 0. The van der Waals surface area contributed by atoms with E-state index in [9.17, 15) is 15.0 Å². The molecule has 1 saturated heterocycles. The average Bonchev–Trinajstić information content (AvgIpc) is 2.79. The predicted molar refractivity (Wildman–Crippen MR) is 128 cm³/mol. The van der Waals surface area contributed by atoms with Crippen molar-refractivity contribution in [1.82, 2.24) is 4.90 Å². The van der Waals surface area contributed by atoms with E-state index in [1.807, 2.05) is 49.1 Å². The van der Waals surface area contributed by atoms with Crippen molar-refractivity contribution >= 4 is 11.6 Å². The number of anilines is 1. The average molecular weight is 437 g/mol. The highest BCUT2D eigenvalue weighted by molar-refractivity contribution is 5.95. The van der Waals surface area contributed by atoms with Crippen molar-refractivity contribution in [2.24, 2.45) is 5.92 Å². The Morgan fingerprint density at radius 3 is 2.50 bits per heavy atom. The van der Waals surface area contributed by atoms with Crippen molar-refractivity contribution in [1.29, 1.82) is 0 Å². The van der Waals surface area contributed by atoms with Gasteiger partial charge in [-0.2, -0.15) is 0 Å². The standard InChI is InChI=1S/C27H36N2O3/c1-19(2)26(31)29-14-6-8-21-17-22(10-11-24(21)29)25(30)18-28-15-12-27(32,13-16-28)23-9-5-4-7-20(23)3/h4-5,7,9-11,17,19,25,30,32H,6,8,12-16,18H2,1-3H3. The first-order valence-electron chi connectivity index (χ1n) is 11.9. The second-order valence-electron chi connectivity index (χ2n) is 9.80. The number of benzene rings is 2. The summed E-state index contributed by atoms with van der Waals surface area (Å²) in [4.78, 5) is 16.7. The van der Waals surface area contributed by atoms with Crippen LogP contribution in [0.5, 0.6) is 0 Å². The maximum atomic E-state index is 12.6. The van der Waals surface area contributed by atoms with Gasteiger partial charge in [0.05, 0.1) is 11.7 Å². The molecule has 2 aromatic carbocycles. The van der Waals surface area contributed by atoms with Gasteiger partial charge < -0.3 is 20.0 Å². The van der Waals surface area contributed by atoms with Crippen LogP contribution in [0.2, 0.25) is 0 Å². The van der Waals surface area contributed by atoms with E-state index in [4.69, 9.17) is 0 Å². The smallest absolute Gasteiger partial charge is 0.229 e. The van der Waals surface area contributed by atoms with Gasteiger partial charge in [-0.3, -0.25) is 4.79 Å². The zero-order chi connectivity index (χ0) is 22.9. The minimum absolute atomic E-state index is 0.0244. The van der Waals surface area contributed by atoms with Crippen molar-refractivity contribution in [3.05, 3.63) is 64.7 Å². The van der Waals surface area contributed by atoms with Crippen molar-refractivity contribution in [3.8, 4) is 0 Å². The van der Waals surface area contributed by atoms with Gasteiger partial charge in [0.2, 0.25) is 5.91 Å². The molecule has 2 aliphatic rings. The molecular formula is C27H36N2O3. The molecule has 2 aromatic rings. The second-order valence-corrected chi connectivity index (χ2v) is 9.80. The second kappa shape index (κ2) is 9.34. The van der Waals surface area contributed by atoms with Crippen molar-refractivity contribution in [2.45, 2.75) is 58.2 Å². The largest absolute Gasteiger partial charge is 0.387 e. The molecule has 4 rings (SSSR count). The summed E-state index contributed by atoms with van der Waals surface area (Å²) in [5.41, 5.74) is 4.41. The molecule has 0 aliphatic carbocycles. The molecule has 172 valence electrons. The summed E-state index contributed by atoms with van der Waals surface area (Å²) in [6.07, 6.45) is 2.64. The minimum atomic E-state index is -0.787. The van der Waals surface area contributed by atoms with Gasteiger partial charge in [0.1, 0.15) is 0 Å². The van der Waals surface area contributed by atoms with Gasteiger partial charge in [0.25, 0.3) is 0 Å². The van der Waals surface area contributed by atoms with Crippen molar-refractivity contribution < 1.29 is 15.0 Å². The number of aryl methyl sites for hydroxylation is 2. The number of amides is 1. The Kier molecular flexibility index (Phi) is 6.70.